The monoisotopic (exact) mass is 286 g/mol. The summed E-state index contributed by atoms with van der Waals surface area (Å²) in [4.78, 5) is 2.50. The van der Waals surface area contributed by atoms with E-state index in [9.17, 15) is 0 Å². The van der Waals surface area contributed by atoms with Crippen molar-refractivity contribution in [1.82, 2.24) is 14.7 Å². The lowest BCUT2D eigenvalue weighted by molar-refractivity contribution is 0.0898. The van der Waals surface area contributed by atoms with E-state index in [1.54, 1.807) is 0 Å². The quantitative estimate of drug-likeness (QED) is 0.924. The van der Waals surface area contributed by atoms with Gasteiger partial charge in [-0.2, -0.15) is 5.10 Å². The van der Waals surface area contributed by atoms with Crippen molar-refractivity contribution in [3.8, 4) is 0 Å². The van der Waals surface area contributed by atoms with Crippen LogP contribution in [0.3, 0.4) is 0 Å². The number of aromatic nitrogens is 2. The molecule has 0 aromatic carbocycles. The zero-order valence-corrected chi connectivity index (χ0v) is 13.1. The van der Waals surface area contributed by atoms with Crippen LogP contribution in [-0.2, 0) is 13.1 Å². The van der Waals surface area contributed by atoms with Crippen LogP contribution in [0.4, 0.5) is 0 Å². The van der Waals surface area contributed by atoms with Gasteiger partial charge in [-0.25, -0.2) is 0 Å². The molecule has 1 aliphatic rings. The number of piperidine rings is 1. The summed E-state index contributed by atoms with van der Waals surface area (Å²) in [6.45, 7) is 10.9. The molecule has 19 heavy (non-hydrogen) atoms. The Hall–Kier alpha value is -0.580. The average molecular weight is 287 g/mol. The van der Waals surface area contributed by atoms with Crippen molar-refractivity contribution in [1.29, 1.82) is 0 Å². The van der Waals surface area contributed by atoms with Crippen LogP contribution in [0, 0.1) is 5.41 Å². The molecule has 0 radical (unpaired) electrons. The van der Waals surface area contributed by atoms with Crippen LogP contribution in [0.25, 0.3) is 0 Å². The number of hydrogen-bond acceptors (Lipinski definition) is 3. The summed E-state index contributed by atoms with van der Waals surface area (Å²) in [6, 6.07) is 0.330. The van der Waals surface area contributed by atoms with E-state index in [4.69, 9.17) is 5.73 Å². The normalized spacial score (nSPS) is 23.1. The number of halogens is 1. The summed E-state index contributed by atoms with van der Waals surface area (Å²) in [5.41, 5.74) is 7.70. The van der Waals surface area contributed by atoms with E-state index in [0.717, 1.165) is 39.0 Å². The first-order valence-electron chi connectivity index (χ1n) is 7.00. The second kappa shape index (κ2) is 6.73. The van der Waals surface area contributed by atoms with Gasteiger partial charge in [0.15, 0.2) is 0 Å². The summed E-state index contributed by atoms with van der Waals surface area (Å²) in [5, 5.41) is 4.39. The average Bonchev–Trinajstić information content (AvgIpc) is 2.71. The number of nitrogens with zero attached hydrogens (tertiary/aromatic N) is 3. The first kappa shape index (κ1) is 16.5. The SMILES string of the molecule is CCCn1cc(CN2CCC(N)C(C)(C)C2)cn1.Cl. The van der Waals surface area contributed by atoms with Gasteiger partial charge in [-0.1, -0.05) is 20.8 Å². The van der Waals surface area contributed by atoms with Crippen LogP contribution in [0.1, 0.15) is 39.2 Å². The maximum absolute atomic E-state index is 6.17. The van der Waals surface area contributed by atoms with Gasteiger partial charge in [0.1, 0.15) is 0 Å². The molecule has 5 heteroatoms. The van der Waals surface area contributed by atoms with Gasteiger partial charge in [-0.15, -0.1) is 12.4 Å². The van der Waals surface area contributed by atoms with Crippen molar-refractivity contribution in [2.24, 2.45) is 11.1 Å². The van der Waals surface area contributed by atoms with Gasteiger partial charge in [0.2, 0.25) is 0 Å². The summed E-state index contributed by atoms with van der Waals surface area (Å²) in [6.07, 6.45) is 6.39. The fourth-order valence-electron chi connectivity index (χ4n) is 2.72. The highest BCUT2D eigenvalue weighted by molar-refractivity contribution is 5.85. The van der Waals surface area contributed by atoms with Crippen molar-refractivity contribution in [3.05, 3.63) is 18.0 Å². The topological polar surface area (TPSA) is 47.1 Å². The van der Waals surface area contributed by atoms with Gasteiger partial charge in [0.25, 0.3) is 0 Å². The molecule has 0 amide bonds. The van der Waals surface area contributed by atoms with E-state index < -0.39 is 0 Å². The van der Waals surface area contributed by atoms with E-state index in [1.807, 2.05) is 10.9 Å². The van der Waals surface area contributed by atoms with Gasteiger partial charge in [-0.05, 0) is 18.3 Å². The lowest BCUT2D eigenvalue weighted by Crippen LogP contribution is -2.51. The Labute approximate surface area is 122 Å². The molecule has 1 unspecified atom stereocenters. The molecule has 0 saturated carbocycles. The number of nitrogens with two attached hydrogens (primary N) is 1. The number of likely N-dealkylation sites (tertiary alicyclic amines) is 1. The Balaban J connectivity index is 0.00000180. The van der Waals surface area contributed by atoms with Crippen LogP contribution >= 0.6 is 12.4 Å². The molecule has 2 heterocycles. The van der Waals surface area contributed by atoms with Crippen molar-refractivity contribution in [3.63, 3.8) is 0 Å². The van der Waals surface area contributed by atoms with Crippen LogP contribution < -0.4 is 5.73 Å². The van der Waals surface area contributed by atoms with Gasteiger partial charge in [0.05, 0.1) is 6.20 Å². The molecule has 2 N–H and O–H groups in total. The largest absolute Gasteiger partial charge is 0.327 e. The molecule has 1 aromatic rings. The molecule has 1 fully saturated rings. The molecule has 4 nitrogen and oxygen atoms in total. The minimum Gasteiger partial charge on any atom is -0.327 e. The number of hydrogen-bond donors (Lipinski definition) is 1. The third-order valence-corrected chi connectivity index (χ3v) is 3.94. The summed E-state index contributed by atoms with van der Waals surface area (Å²) >= 11 is 0. The molecule has 0 bridgehead atoms. The predicted molar refractivity (Wildman–Crippen MR) is 81.4 cm³/mol. The standard InChI is InChI=1S/C14H26N4.ClH/c1-4-6-18-10-12(8-16-18)9-17-7-5-13(15)14(2,3)11-17;/h8,10,13H,4-7,9,11,15H2,1-3H3;1H. The molecular formula is C14H27ClN4. The maximum atomic E-state index is 6.17. The van der Waals surface area contributed by atoms with E-state index in [0.29, 0.717) is 6.04 Å². The second-order valence-corrected chi connectivity index (χ2v) is 6.21. The predicted octanol–water partition coefficient (Wildman–Crippen LogP) is 2.27. The summed E-state index contributed by atoms with van der Waals surface area (Å²) in [7, 11) is 0. The Bertz CT molecular complexity index is 389. The molecule has 1 aromatic heterocycles. The molecule has 2 rings (SSSR count). The van der Waals surface area contributed by atoms with Crippen LogP contribution in [-0.4, -0.2) is 33.8 Å². The minimum absolute atomic E-state index is 0. The van der Waals surface area contributed by atoms with E-state index >= 15 is 0 Å². The summed E-state index contributed by atoms with van der Waals surface area (Å²) in [5.74, 6) is 0. The van der Waals surface area contributed by atoms with E-state index in [-0.39, 0.29) is 17.8 Å². The van der Waals surface area contributed by atoms with Crippen LogP contribution in [0.5, 0.6) is 0 Å². The van der Waals surface area contributed by atoms with Gasteiger partial charge < -0.3 is 5.73 Å². The molecule has 1 saturated heterocycles. The molecule has 1 aliphatic heterocycles. The fraction of sp³-hybridized carbons (Fsp3) is 0.786. The Morgan fingerprint density at radius 2 is 2.21 bits per heavy atom. The zero-order chi connectivity index (χ0) is 13.2. The lowest BCUT2D eigenvalue weighted by Gasteiger charge is -2.42. The van der Waals surface area contributed by atoms with E-state index in [2.05, 4.69) is 37.0 Å². The first-order chi connectivity index (χ1) is 8.51. The molecule has 110 valence electrons. The number of aryl methyl sites for hydroxylation is 1. The van der Waals surface area contributed by atoms with Gasteiger partial charge in [0, 0.05) is 44.0 Å². The minimum atomic E-state index is 0. The molecule has 0 spiro atoms. The molecular weight excluding hydrogens is 260 g/mol. The Kier molecular flexibility index (Phi) is 5.83. The van der Waals surface area contributed by atoms with Crippen molar-refractivity contribution < 1.29 is 0 Å². The molecule has 0 aliphatic carbocycles. The van der Waals surface area contributed by atoms with Crippen molar-refractivity contribution >= 4 is 12.4 Å². The van der Waals surface area contributed by atoms with Crippen molar-refractivity contribution in [2.45, 2.75) is 52.7 Å². The summed E-state index contributed by atoms with van der Waals surface area (Å²) < 4.78 is 2.04. The third kappa shape index (κ3) is 4.20. The zero-order valence-electron chi connectivity index (χ0n) is 12.3. The highest BCUT2D eigenvalue weighted by atomic mass is 35.5. The maximum Gasteiger partial charge on any atom is 0.0534 e. The Morgan fingerprint density at radius 1 is 1.47 bits per heavy atom. The second-order valence-electron chi connectivity index (χ2n) is 6.21. The smallest absolute Gasteiger partial charge is 0.0534 e. The van der Waals surface area contributed by atoms with Crippen LogP contribution in [0.2, 0.25) is 0 Å². The van der Waals surface area contributed by atoms with E-state index in [1.165, 1.54) is 5.56 Å². The van der Waals surface area contributed by atoms with Gasteiger partial charge in [-0.3, -0.25) is 9.58 Å². The molecule has 1 atom stereocenters. The highest BCUT2D eigenvalue weighted by Crippen LogP contribution is 2.28. The number of rotatable bonds is 4. The Morgan fingerprint density at radius 3 is 2.84 bits per heavy atom. The lowest BCUT2D eigenvalue weighted by atomic mass is 9.79. The van der Waals surface area contributed by atoms with Crippen LogP contribution in [0.15, 0.2) is 12.4 Å². The van der Waals surface area contributed by atoms with Gasteiger partial charge >= 0.3 is 0 Å². The first-order valence-corrected chi connectivity index (χ1v) is 7.00. The fourth-order valence-corrected chi connectivity index (χ4v) is 2.72. The van der Waals surface area contributed by atoms with Crippen molar-refractivity contribution in [2.75, 3.05) is 13.1 Å². The third-order valence-electron chi connectivity index (χ3n) is 3.94. The highest BCUT2D eigenvalue weighted by Gasteiger charge is 2.33.